The molecule has 1 atom stereocenters. The van der Waals surface area contributed by atoms with Gasteiger partial charge >= 0.3 is 0 Å². The fraction of sp³-hybridized carbons (Fsp3) is 0.433. The summed E-state index contributed by atoms with van der Waals surface area (Å²) < 4.78 is 18.1. The highest BCUT2D eigenvalue weighted by atomic mass is 16.5. The molecule has 2 aliphatic rings. The van der Waals surface area contributed by atoms with Gasteiger partial charge in [-0.3, -0.25) is 14.6 Å². The Hall–Kier alpha value is -3.65. The van der Waals surface area contributed by atoms with E-state index >= 15 is 0 Å². The van der Waals surface area contributed by atoms with Crippen LogP contribution in [0.5, 0.6) is 11.5 Å². The summed E-state index contributed by atoms with van der Waals surface area (Å²) in [6, 6.07) is 15.8. The number of carbonyl (C=O) groups is 2. The van der Waals surface area contributed by atoms with Gasteiger partial charge in [0.1, 0.15) is 18.1 Å². The fourth-order valence-corrected chi connectivity index (χ4v) is 5.30. The lowest BCUT2D eigenvalue weighted by Crippen LogP contribution is -2.61. The van der Waals surface area contributed by atoms with Crippen LogP contribution in [0.2, 0.25) is 0 Å². The quantitative estimate of drug-likeness (QED) is 0.569. The minimum atomic E-state index is -1.08. The minimum absolute atomic E-state index is 0.116. The molecule has 2 amide bonds. The predicted octanol–water partition coefficient (Wildman–Crippen LogP) is 3.75. The molecule has 3 aromatic rings. The van der Waals surface area contributed by atoms with E-state index in [9.17, 15) is 9.59 Å². The van der Waals surface area contributed by atoms with Crippen LogP contribution < -0.4 is 14.8 Å². The van der Waals surface area contributed by atoms with Gasteiger partial charge in [0, 0.05) is 23.7 Å². The molecule has 5 rings (SSSR count). The van der Waals surface area contributed by atoms with E-state index in [0.29, 0.717) is 38.5 Å². The van der Waals surface area contributed by atoms with Gasteiger partial charge in [-0.05, 0) is 62.8 Å². The number of carbonyl (C=O) groups excluding carboxylic acids is 2. The van der Waals surface area contributed by atoms with Crippen LogP contribution in [0.3, 0.4) is 0 Å². The number of fused-ring (bicyclic) bond motifs is 2. The largest absolute Gasteiger partial charge is 0.491 e. The summed E-state index contributed by atoms with van der Waals surface area (Å²) in [6.45, 7) is 5.46. The third-order valence-electron chi connectivity index (χ3n) is 7.33. The maximum atomic E-state index is 13.3. The van der Waals surface area contributed by atoms with Crippen molar-refractivity contribution in [1.82, 2.24) is 15.2 Å². The van der Waals surface area contributed by atoms with Crippen molar-refractivity contribution in [3.05, 3.63) is 65.4 Å². The summed E-state index contributed by atoms with van der Waals surface area (Å²) in [5.74, 6) is 1.14. The number of morpholine rings is 1. The third-order valence-corrected chi connectivity index (χ3v) is 7.33. The van der Waals surface area contributed by atoms with Gasteiger partial charge < -0.3 is 24.4 Å². The molecule has 38 heavy (non-hydrogen) atoms. The molecule has 2 aromatic carbocycles. The van der Waals surface area contributed by atoms with Crippen LogP contribution in [0.1, 0.15) is 36.1 Å². The number of aryl methyl sites for hydroxylation is 3. The molecule has 200 valence electrons. The topological polar surface area (TPSA) is 90.0 Å². The second kappa shape index (κ2) is 11.4. The number of nitrogens with one attached hydrogen (secondary N) is 1. The number of amides is 2. The van der Waals surface area contributed by atoms with E-state index in [2.05, 4.69) is 16.4 Å². The number of hydrogen-bond acceptors (Lipinski definition) is 6. The molecule has 8 nitrogen and oxygen atoms in total. The van der Waals surface area contributed by atoms with Crippen molar-refractivity contribution in [1.29, 1.82) is 0 Å². The molecular weight excluding hydrogens is 482 g/mol. The smallest absolute Gasteiger partial charge is 0.260 e. The van der Waals surface area contributed by atoms with E-state index in [1.54, 1.807) is 4.90 Å². The molecule has 0 saturated carbocycles. The zero-order chi connectivity index (χ0) is 26.5. The molecular formula is C30H35N3O5. The van der Waals surface area contributed by atoms with E-state index in [0.717, 1.165) is 47.2 Å². The van der Waals surface area contributed by atoms with Crippen LogP contribution in [0.25, 0.3) is 10.9 Å². The second-order valence-electron chi connectivity index (χ2n) is 10.1. The van der Waals surface area contributed by atoms with Crippen LogP contribution in [0, 0.1) is 13.8 Å². The zero-order valence-corrected chi connectivity index (χ0v) is 22.1. The average molecular weight is 518 g/mol. The fourth-order valence-electron chi connectivity index (χ4n) is 5.30. The molecule has 0 bridgehead atoms. The molecule has 1 fully saturated rings. The van der Waals surface area contributed by atoms with Gasteiger partial charge in [0.15, 0.2) is 12.2 Å². The first-order valence-electron chi connectivity index (χ1n) is 13.4. The maximum absolute atomic E-state index is 13.3. The Balaban J connectivity index is 1.27. The van der Waals surface area contributed by atoms with Crippen molar-refractivity contribution in [3.63, 3.8) is 0 Å². The summed E-state index contributed by atoms with van der Waals surface area (Å²) >= 11 is 0. The second-order valence-corrected chi connectivity index (χ2v) is 10.1. The highest BCUT2D eigenvalue weighted by Crippen LogP contribution is 2.29. The highest BCUT2D eigenvalue weighted by molar-refractivity contribution is 5.89. The van der Waals surface area contributed by atoms with Gasteiger partial charge in [0.2, 0.25) is 0 Å². The number of benzene rings is 2. The van der Waals surface area contributed by atoms with Gasteiger partial charge in [0.05, 0.1) is 25.2 Å². The Morgan fingerprint density at radius 3 is 2.89 bits per heavy atom. The molecule has 1 saturated heterocycles. The minimum Gasteiger partial charge on any atom is -0.491 e. The first-order valence-corrected chi connectivity index (χ1v) is 13.4. The van der Waals surface area contributed by atoms with Crippen LogP contribution >= 0.6 is 0 Å². The lowest BCUT2D eigenvalue weighted by atomic mass is 9.91. The first-order chi connectivity index (χ1) is 18.4. The first kappa shape index (κ1) is 26.0. The number of pyridine rings is 1. The van der Waals surface area contributed by atoms with Crippen LogP contribution in [0.15, 0.2) is 48.5 Å². The van der Waals surface area contributed by atoms with E-state index in [-0.39, 0.29) is 25.0 Å². The summed E-state index contributed by atoms with van der Waals surface area (Å²) in [5, 5.41) is 3.85. The summed E-state index contributed by atoms with van der Waals surface area (Å²) in [5.41, 5.74) is 2.85. The maximum Gasteiger partial charge on any atom is 0.260 e. The van der Waals surface area contributed by atoms with Gasteiger partial charge in [0.25, 0.3) is 11.8 Å². The number of aromatic nitrogens is 1. The molecule has 0 radical (unpaired) electrons. The molecule has 3 heterocycles. The van der Waals surface area contributed by atoms with Crippen molar-refractivity contribution < 1.29 is 23.8 Å². The van der Waals surface area contributed by atoms with E-state index in [4.69, 9.17) is 14.2 Å². The number of rotatable bonds is 3. The Kier molecular flexibility index (Phi) is 7.79. The molecule has 0 aliphatic carbocycles. The van der Waals surface area contributed by atoms with E-state index in [1.165, 1.54) is 5.56 Å². The highest BCUT2D eigenvalue weighted by Gasteiger charge is 2.44. The summed E-state index contributed by atoms with van der Waals surface area (Å²) in [6.07, 6.45) is 3.09. The summed E-state index contributed by atoms with van der Waals surface area (Å²) in [7, 11) is 0. The molecule has 1 N–H and O–H groups in total. The summed E-state index contributed by atoms with van der Waals surface area (Å²) in [4.78, 5) is 33.0. The van der Waals surface area contributed by atoms with Gasteiger partial charge in [-0.15, -0.1) is 0 Å². The van der Waals surface area contributed by atoms with E-state index in [1.807, 2.05) is 56.3 Å². The van der Waals surface area contributed by atoms with Gasteiger partial charge in [-0.1, -0.05) is 30.3 Å². The number of nitrogens with zero attached hydrogens (tertiary/aromatic N) is 2. The average Bonchev–Trinajstić information content (AvgIpc) is 2.92. The Morgan fingerprint density at radius 2 is 2.00 bits per heavy atom. The van der Waals surface area contributed by atoms with Crippen molar-refractivity contribution in [2.45, 2.75) is 45.1 Å². The lowest BCUT2D eigenvalue weighted by molar-refractivity contribution is -0.168. The van der Waals surface area contributed by atoms with Crippen molar-refractivity contribution in [2.24, 2.45) is 0 Å². The number of hydrogen-bond donors (Lipinski definition) is 1. The number of ether oxygens (including phenoxy) is 3. The Bertz CT molecular complexity index is 1330. The van der Waals surface area contributed by atoms with Gasteiger partial charge in [-0.25, -0.2) is 0 Å². The van der Waals surface area contributed by atoms with Crippen molar-refractivity contribution in [2.75, 3.05) is 39.5 Å². The van der Waals surface area contributed by atoms with Crippen molar-refractivity contribution >= 4 is 22.7 Å². The Morgan fingerprint density at radius 1 is 1.13 bits per heavy atom. The molecule has 2 aliphatic heterocycles. The van der Waals surface area contributed by atoms with Crippen LogP contribution in [-0.2, 0) is 20.7 Å². The number of para-hydroxylation sites is 2. The zero-order valence-electron chi connectivity index (χ0n) is 22.1. The van der Waals surface area contributed by atoms with E-state index < -0.39 is 5.60 Å². The monoisotopic (exact) mass is 517 g/mol. The molecule has 1 spiro atoms. The standard InChI is InChI=1S/C30H35N3O5/c1-21-8-7-11-24-26(18-22(2)32-28(21)24)37-19-27(34)33-15-17-38-30(20-33)13-6-5-10-23-9-3-4-12-25(23)36-16-14-31-29(30)35/h3-4,7-9,11-12,18H,5-6,10,13-17,19-20H2,1-2H3,(H,31,35). The molecule has 1 unspecified atom stereocenters. The Labute approximate surface area is 223 Å². The predicted molar refractivity (Wildman–Crippen MR) is 144 cm³/mol. The van der Waals surface area contributed by atoms with Crippen LogP contribution in [-0.4, -0.2) is 66.8 Å². The SMILES string of the molecule is Cc1cc(OCC(=O)N2CCOC3(CCCCc4ccccc4OCCNC3=O)C2)c2cccc(C)c2n1. The lowest BCUT2D eigenvalue weighted by Gasteiger charge is -2.41. The van der Waals surface area contributed by atoms with Crippen molar-refractivity contribution in [3.8, 4) is 11.5 Å². The normalized spacial score (nSPS) is 20.6. The third kappa shape index (κ3) is 5.60. The molecule has 1 aromatic heterocycles. The van der Waals surface area contributed by atoms with Crippen LogP contribution in [0.4, 0.5) is 0 Å². The van der Waals surface area contributed by atoms with Gasteiger partial charge in [-0.2, -0.15) is 0 Å². The molecule has 8 heteroatoms.